The van der Waals surface area contributed by atoms with Gasteiger partial charge < -0.3 is 26.6 Å². The summed E-state index contributed by atoms with van der Waals surface area (Å²) in [5.41, 5.74) is 7.14. The third kappa shape index (κ3) is 11.7. The number of primary amides is 1. The molecule has 46 heavy (non-hydrogen) atoms. The monoisotopic (exact) mass is 650 g/mol. The van der Waals surface area contributed by atoms with Crippen LogP contribution in [-0.4, -0.2) is 52.6 Å². The van der Waals surface area contributed by atoms with E-state index in [1.54, 1.807) is 42.5 Å². The molecule has 0 aliphatic heterocycles. The highest BCUT2D eigenvalue weighted by molar-refractivity contribution is 7.59. The maximum absolute atomic E-state index is 13.7. The number of halogens is 1. The van der Waals surface area contributed by atoms with E-state index < -0.39 is 60.8 Å². The van der Waals surface area contributed by atoms with Gasteiger partial charge in [0.25, 0.3) is 5.91 Å². The first-order valence-corrected chi connectivity index (χ1v) is 16.8. The van der Waals surface area contributed by atoms with E-state index in [4.69, 9.17) is 5.73 Å². The van der Waals surface area contributed by atoms with Crippen molar-refractivity contribution in [1.82, 2.24) is 16.0 Å². The van der Waals surface area contributed by atoms with Crippen LogP contribution in [0.4, 0.5) is 4.39 Å². The predicted octanol–water partition coefficient (Wildman–Crippen LogP) is 4.00. The zero-order valence-electron chi connectivity index (χ0n) is 25.8. The zero-order valence-corrected chi connectivity index (χ0v) is 26.7. The van der Waals surface area contributed by atoms with Crippen LogP contribution in [0.2, 0.25) is 0 Å². The fourth-order valence-corrected chi connectivity index (χ4v) is 6.19. The van der Waals surface area contributed by atoms with Crippen LogP contribution in [-0.2, 0) is 25.4 Å². The van der Waals surface area contributed by atoms with Gasteiger partial charge in [0.05, 0.1) is 0 Å². The molecule has 244 valence electrons. The second-order valence-electron chi connectivity index (χ2n) is 11.4. The standard InChI is InChI=1S/C34H40FN4O6P/c1-23(2)20-29(34(43)38-28(32(36)41)15-9-14-24-10-5-3-6-11-24)37-30(40)22-46(44,45)31(21-25-12-7-4-8-13-25)39-33(42)26-16-18-27(35)19-17-26/h3-14,16-19,23,28-29,31H,15,20-22H2,1-2H3,(H2,36,41)(H,37,40)(H,38,43)(H,39,42)(H,44,45)/b14-9+/t28-,29-,31?/m0/s1. The topological polar surface area (TPSA) is 168 Å². The van der Waals surface area contributed by atoms with Gasteiger partial charge in [0.15, 0.2) is 0 Å². The van der Waals surface area contributed by atoms with Gasteiger partial charge in [-0.15, -0.1) is 0 Å². The Bertz CT molecular complexity index is 1550. The summed E-state index contributed by atoms with van der Waals surface area (Å²) < 4.78 is 27.1. The molecule has 0 bridgehead atoms. The number of nitrogens with two attached hydrogens (primary N) is 1. The van der Waals surface area contributed by atoms with Crippen molar-refractivity contribution < 1.29 is 33.0 Å². The summed E-state index contributed by atoms with van der Waals surface area (Å²) in [4.78, 5) is 62.6. The maximum Gasteiger partial charge on any atom is 0.251 e. The van der Waals surface area contributed by atoms with E-state index in [9.17, 15) is 33.0 Å². The van der Waals surface area contributed by atoms with Crippen molar-refractivity contribution in [3.05, 3.63) is 114 Å². The molecule has 0 fully saturated rings. The number of benzene rings is 3. The Morgan fingerprint density at radius 1 is 0.870 bits per heavy atom. The van der Waals surface area contributed by atoms with Gasteiger partial charge in [-0.1, -0.05) is 86.7 Å². The third-order valence-electron chi connectivity index (χ3n) is 7.03. The second kappa shape index (κ2) is 17.2. The van der Waals surface area contributed by atoms with Crippen LogP contribution in [0.25, 0.3) is 6.08 Å². The molecule has 6 N–H and O–H groups in total. The Hall–Kier alpha value is -4.60. The first kappa shape index (κ1) is 35.9. The highest BCUT2D eigenvalue weighted by Crippen LogP contribution is 2.46. The zero-order chi connectivity index (χ0) is 33.7. The van der Waals surface area contributed by atoms with Crippen molar-refractivity contribution in [3.63, 3.8) is 0 Å². The molecule has 0 aliphatic carbocycles. The number of carbonyl (C=O) groups is 4. The summed E-state index contributed by atoms with van der Waals surface area (Å²) in [6.07, 6.45) is 2.81. The Balaban J connectivity index is 1.73. The second-order valence-corrected chi connectivity index (χ2v) is 13.8. The molecular weight excluding hydrogens is 610 g/mol. The Labute approximate surface area is 268 Å². The number of nitrogens with one attached hydrogen (secondary N) is 3. The minimum Gasteiger partial charge on any atom is -0.368 e. The summed E-state index contributed by atoms with van der Waals surface area (Å²) in [6, 6.07) is 20.5. The van der Waals surface area contributed by atoms with Crippen molar-refractivity contribution in [2.75, 3.05) is 6.16 Å². The fourth-order valence-electron chi connectivity index (χ4n) is 4.65. The van der Waals surface area contributed by atoms with Gasteiger partial charge in [0.2, 0.25) is 25.1 Å². The van der Waals surface area contributed by atoms with Crippen LogP contribution in [0.3, 0.4) is 0 Å². The lowest BCUT2D eigenvalue weighted by molar-refractivity contribution is -0.131. The molecule has 0 saturated carbocycles. The van der Waals surface area contributed by atoms with Crippen LogP contribution >= 0.6 is 7.37 Å². The van der Waals surface area contributed by atoms with Crippen molar-refractivity contribution in [2.24, 2.45) is 11.7 Å². The molecule has 0 aromatic heterocycles. The van der Waals surface area contributed by atoms with Gasteiger partial charge in [0.1, 0.15) is 29.8 Å². The number of rotatable bonds is 16. The number of hydrogen-bond acceptors (Lipinski definition) is 5. The smallest absolute Gasteiger partial charge is 0.251 e. The number of carbonyl (C=O) groups excluding carboxylic acids is 4. The maximum atomic E-state index is 13.7. The van der Waals surface area contributed by atoms with Gasteiger partial charge in [0, 0.05) is 12.0 Å². The predicted molar refractivity (Wildman–Crippen MR) is 175 cm³/mol. The van der Waals surface area contributed by atoms with Crippen molar-refractivity contribution >= 4 is 37.1 Å². The van der Waals surface area contributed by atoms with E-state index >= 15 is 0 Å². The first-order valence-electron chi connectivity index (χ1n) is 14.9. The molecule has 3 aromatic rings. The van der Waals surface area contributed by atoms with Gasteiger partial charge in [-0.25, -0.2) is 4.39 Å². The first-order chi connectivity index (χ1) is 21.8. The highest BCUT2D eigenvalue weighted by atomic mass is 31.2. The van der Waals surface area contributed by atoms with Crippen LogP contribution in [0.1, 0.15) is 48.2 Å². The average Bonchev–Trinajstić information content (AvgIpc) is 3.00. The van der Waals surface area contributed by atoms with E-state index in [0.717, 1.165) is 17.7 Å². The van der Waals surface area contributed by atoms with Crippen LogP contribution < -0.4 is 21.7 Å². The van der Waals surface area contributed by atoms with Crippen molar-refractivity contribution in [1.29, 1.82) is 0 Å². The molecule has 0 heterocycles. The Morgan fingerprint density at radius 3 is 2.07 bits per heavy atom. The molecule has 10 nitrogen and oxygen atoms in total. The highest BCUT2D eigenvalue weighted by Gasteiger charge is 2.36. The molecule has 3 aromatic carbocycles. The summed E-state index contributed by atoms with van der Waals surface area (Å²) in [5.74, 6) is -5.02. The fraction of sp³-hybridized carbons (Fsp3) is 0.294. The van der Waals surface area contributed by atoms with Gasteiger partial charge >= 0.3 is 0 Å². The summed E-state index contributed by atoms with van der Waals surface area (Å²) in [7, 11) is -4.45. The van der Waals surface area contributed by atoms with Crippen LogP contribution in [0.15, 0.2) is 91.0 Å². The molecule has 0 radical (unpaired) electrons. The molecule has 4 atom stereocenters. The summed E-state index contributed by atoms with van der Waals surface area (Å²) >= 11 is 0. The molecule has 0 aliphatic rings. The lowest BCUT2D eigenvalue weighted by Crippen LogP contribution is -2.53. The Kier molecular flexibility index (Phi) is 13.4. The molecule has 12 heteroatoms. The Morgan fingerprint density at radius 2 is 1.48 bits per heavy atom. The van der Waals surface area contributed by atoms with E-state index in [1.807, 2.05) is 44.2 Å². The number of hydrogen-bond donors (Lipinski definition) is 5. The quantitative estimate of drug-likeness (QED) is 0.147. The van der Waals surface area contributed by atoms with E-state index in [-0.39, 0.29) is 30.7 Å². The molecular formula is C34H40FN4O6P. The SMILES string of the molecule is CC(C)C[C@H](NC(=O)CP(=O)(O)C(Cc1ccccc1)NC(=O)c1ccc(F)cc1)C(=O)N[C@@H](C/C=C/c1ccccc1)C(N)=O. The minimum atomic E-state index is -4.45. The largest absolute Gasteiger partial charge is 0.368 e. The molecule has 0 spiro atoms. The lowest BCUT2D eigenvalue weighted by atomic mass is 10.0. The van der Waals surface area contributed by atoms with Crippen molar-refractivity contribution in [3.8, 4) is 0 Å². The summed E-state index contributed by atoms with van der Waals surface area (Å²) in [6.45, 7) is 3.66. The van der Waals surface area contributed by atoms with Gasteiger partial charge in [-0.05, 0) is 54.2 Å². The number of amides is 4. The average molecular weight is 651 g/mol. The van der Waals surface area contributed by atoms with Gasteiger partial charge in [-0.3, -0.25) is 23.7 Å². The molecule has 4 amide bonds. The van der Waals surface area contributed by atoms with E-state index in [2.05, 4.69) is 16.0 Å². The van der Waals surface area contributed by atoms with Crippen LogP contribution in [0.5, 0.6) is 0 Å². The summed E-state index contributed by atoms with van der Waals surface area (Å²) in [5, 5.41) is 7.65. The van der Waals surface area contributed by atoms with Crippen molar-refractivity contribution in [2.45, 2.75) is 51.0 Å². The van der Waals surface area contributed by atoms with E-state index in [0.29, 0.717) is 5.56 Å². The van der Waals surface area contributed by atoms with E-state index in [1.165, 1.54) is 12.1 Å². The molecule has 2 unspecified atom stereocenters. The lowest BCUT2D eigenvalue weighted by Gasteiger charge is -2.26. The molecule has 3 rings (SSSR count). The minimum absolute atomic E-state index is 0.0668. The van der Waals surface area contributed by atoms with Gasteiger partial charge in [-0.2, -0.15) is 0 Å². The molecule has 0 saturated heterocycles. The van der Waals surface area contributed by atoms with Crippen LogP contribution in [0, 0.1) is 11.7 Å². The third-order valence-corrected chi connectivity index (χ3v) is 9.06. The normalized spacial score (nSPS) is 14.5.